The molecule has 0 unspecified atom stereocenters. The van der Waals surface area contributed by atoms with Gasteiger partial charge in [0.25, 0.3) is 5.69 Å². The van der Waals surface area contributed by atoms with Crippen molar-refractivity contribution in [3.8, 4) is 5.88 Å². The molecule has 17 heavy (non-hydrogen) atoms. The summed E-state index contributed by atoms with van der Waals surface area (Å²) in [5, 5.41) is 10.4. The van der Waals surface area contributed by atoms with Gasteiger partial charge >= 0.3 is 0 Å². The molecule has 1 aliphatic rings. The quantitative estimate of drug-likeness (QED) is 0.441. The van der Waals surface area contributed by atoms with Crippen LogP contribution in [0, 0.1) is 10.1 Å². The molecule has 1 fully saturated rings. The highest BCUT2D eigenvalue weighted by atomic mass is 16.6. The van der Waals surface area contributed by atoms with E-state index in [1.54, 1.807) is 4.81 Å². The summed E-state index contributed by atoms with van der Waals surface area (Å²) >= 11 is 0. The van der Waals surface area contributed by atoms with E-state index >= 15 is 0 Å². The molecule has 0 spiro atoms. The molecule has 6 nitrogen and oxygen atoms in total. The maximum Gasteiger partial charge on any atom is 0.287 e. The fourth-order valence-corrected chi connectivity index (χ4v) is 1.71. The average molecular weight is 233 g/mol. The van der Waals surface area contributed by atoms with E-state index in [9.17, 15) is 10.1 Å². The number of piperidine rings is 1. The van der Waals surface area contributed by atoms with Crippen LogP contribution in [0.4, 0.5) is 5.69 Å². The lowest BCUT2D eigenvalue weighted by atomic mass is 10.1. The van der Waals surface area contributed by atoms with Crippen molar-refractivity contribution in [2.75, 3.05) is 13.1 Å². The van der Waals surface area contributed by atoms with Gasteiger partial charge < -0.3 is 9.55 Å². The first-order chi connectivity index (χ1) is 8.15. The number of nitrogens with zero attached hydrogens (tertiary/aromatic N) is 3. The number of hydrogen-bond acceptors (Lipinski definition) is 5. The number of rotatable bonds is 3. The van der Waals surface area contributed by atoms with Crippen molar-refractivity contribution in [3.05, 3.63) is 28.4 Å². The Balaban J connectivity index is 1.92. The number of hydrogen-bond donors (Lipinski definition) is 0. The van der Waals surface area contributed by atoms with E-state index in [4.69, 9.17) is 12.7 Å². The normalized spacial score (nSPS) is 17.9. The SMILES string of the molecule is [B]N1CCC(Oc2ccc([N+](=O)[O-])cn2)CC1. The summed E-state index contributed by atoms with van der Waals surface area (Å²) in [6.07, 6.45) is 2.97. The third-order valence-corrected chi connectivity index (χ3v) is 2.70. The van der Waals surface area contributed by atoms with Gasteiger partial charge in [0.2, 0.25) is 5.88 Å². The van der Waals surface area contributed by atoms with Gasteiger partial charge in [0.15, 0.2) is 7.98 Å². The molecular formula is C10H12BN3O3. The van der Waals surface area contributed by atoms with Gasteiger partial charge in [-0.3, -0.25) is 10.1 Å². The molecule has 1 aromatic heterocycles. The van der Waals surface area contributed by atoms with E-state index in [-0.39, 0.29) is 11.8 Å². The fraction of sp³-hybridized carbons (Fsp3) is 0.500. The Morgan fingerprint density at radius 3 is 2.71 bits per heavy atom. The van der Waals surface area contributed by atoms with E-state index in [0.29, 0.717) is 5.88 Å². The molecule has 0 bridgehead atoms. The fourth-order valence-electron chi connectivity index (χ4n) is 1.71. The summed E-state index contributed by atoms with van der Waals surface area (Å²) in [6, 6.07) is 2.91. The second-order valence-corrected chi connectivity index (χ2v) is 3.96. The number of aromatic nitrogens is 1. The van der Waals surface area contributed by atoms with Gasteiger partial charge in [-0.15, -0.1) is 0 Å². The van der Waals surface area contributed by atoms with Gasteiger partial charge in [0.1, 0.15) is 12.3 Å². The van der Waals surface area contributed by atoms with Gasteiger partial charge in [-0.25, -0.2) is 4.98 Å². The molecule has 2 rings (SSSR count). The zero-order valence-corrected chi connectivity index (χ0v) is 9.28. The summed E-state index contributed by atoms with van der Waals surface area (Å²) in [4.78, 5) is 15.6. The molecule has 0 N–H and O–H groups in total. The molecular weight excluding hydrogens is 221 g/mol. The molecule has 1 saturated heterocycles. The Kier molecular flexibility index (Phi) is 3.58. The zero-order chi connectivity index (χ0) is 12.3. The van der Waals surface area contributed by atoms with Crippen LogP contribution < -0.4 is 4.74 Å². The monoisotopic (exact) mass is 233 g/mol. The smallest absolute Gasteiger partial charge is 0.287 e. The molecule has 0 aliphatic carbocycles. The van der Waals surface area contributed by atoms with Crippen molar-refractivity contribution in [3.63, 3.8) is 0 Å². The first kappa shape index (κ1) is 11.8. The van der Waals surface area contributed by atoms with Crippen LogP contribution in [0.15, 0.2) is 18.3 Å². The Morgan fingerprint density at radius 1 is 1.47 bits per heavy atom. The average Bonchev–Trinajstić information content (AvgIpc) is 2.33. The van der Waals surface area contributed by atoms with Gasteiger partial charge in [-0.2, -0.15) is 0 Å². The highest BCUT2D eigenvalue weighted by Gasteiger charge is 2.18. The maximum absolute atomic E-state index is 10.4. The number of ether oxygens (including phenoxy) is 1. The van der Waals surface area contributed by atoms with Gasteiger partial charge in [-0.1, -0.05) is 0 Å². The van der Waals surface area contributed by atoms with Crippen molar-refractivity contribution < 1.29 is 9.66 Å². The second kappa shape index (κ2) is 5.14. The van der Waals surface area contributed by atoms with E-state index in [1.165, 1.54) is 18.3 Å². The molecule has 0 atom stereocenters. The topological polar surface area (TPSA) is 68.5 Å². The summed E-state index contributed by atoms with van der Waals surface area (Å²) in [7, 11) is 5.63. The minimum Gasteiger partial charge on any atom is -0.474 e. The van der Waals surface area contributed by atoms with Crippen molar-refractivity contribution >= 4 is 13.7 Å². The van der Waals surface area contributed by atoms with Crippen molar-refractivity contribution in [2.24, 2.45) is 0 Å². The molecule has 0 aromatic carbocycles. The molecule has 0 amide bonds. The van der Waals surface area contributed by atoms with Crippen LogP contribution in [0.3, 0.4) is 0 Å². The first-order valence-corrected chi connectivity index (χ1v) is 5.42. The van der Waals surface area contributed by atoms with Gasteiger partial charge in [0.05, 0.1) is 4.92 Å². The summed E-state index contributed by atoms with van der Waals surface area (Å²) < 4.78 is 5.62. The maximum atomic E-state index is 10.4. The van der Waals surface area contributed by atoms with Crippen LogP contribution in [0.5, 0.6) is 5.88 Å². The Hall–Kier alpha value is -1.63. The lowest BCUT2D eigenvalue weighted by molar-refractivity contribution is -0.385. The summed E-state index contributed by atoms with van der Waals surface area (Å²) in [5.41, 5.74) is -0.0332. The van der Waals surface area contributed by atoms with Gasteiger partial charge in [0, 0.05) is 12.1 Å². The third-order valence-electron chi connectivity index (χ3n) is 2.70. The summed E-state index contributed by atoms with van der Waals surface area (Å²) in [5.74, 6) is 0.422. The minimum absolute atomic E-state index is 0.0332. The van der Waals surface area contributed by atoms with Crippen LogP contribution in [0.1, 0.15) is 12.8 Å². The molecule has 0 saturated carbocycles. The van der Waals surface area contributed by atoms with Crippen LogP contribution in [0.2, 0.25) is 0 Å². The lowest BCUT2D eigenvalue weighted by Crippen LogP contribution is -2.36. The summed E-state index contributed by atoms with van der Waals surface area (Å²) in [6.45, 7) is 1.58. The number of nitro groups is 1. The predicted molar refractivity (Wildman–Crippen MR) is 61.9 cm³/mol. The predicted octanol–water partition coefficient (Wildman–Crippen LogP) is 0.916. The van der Waals surface area contributed by atoms with E-state index in [2.05, 4.69) is 4.98 Å². The Bertz CT molecular complexity index is 390. The standard InChI is InChI=1S/C10H12BN3O3/c11-13-5-3-9(4-6-13)17-10-2-1-8(7-12-10)14(15)16/h1-2,7,9H,3-6H2. The van der Waals surface area contributed by atoms with Crippen LogP contribution in [-0.4, -0.2) is 41.9 Å². The van der Waals surface area contributed by atoms with E-state index in [0.717, 1.165) is 25.9 Å². The highest BCUT2D eigenvalue weighted by Crippen LogP contribution is 2.18. The molecule has 88 valence electrons. The molecule has 1 aliphatic heterocycles. The Morgan fingerprint density at radius 2 is 2.18 bits per heavy atom. The first-order valence-electron chi connectivity index (χ1n) is 5.42. The van der Waals surface area contributed by atoms with Crippen LogP contribution >= 0.6 is 0 Å². The highest BCUT2D eigenvalue weighted by molar-refractivity contribution is 6.04. The van der Waals surface area contributed by atoms with Crippen LogP contribution in [-0.2, 0) is 0 Å². The molecule has 7 heteroatoms. The van der Waals surface area contributed by atoms with E-state index < -0.39 is 4.92 Å². The van der Waals surface area contributed by atoms with Crippen molar-refractivity contribution in [1.29, 1.82) is 0 Å². The zero-order valence-electron chi connectivity index (χ0n) is 9.28. The van der Waals surface area contributed by atoms with Crippen LogP contribution in [0.25, 0.3) is 0 Å². The Labute approximate surface area is 100 Å². The lowest BCUT2D eigenvalue weighted by Gasteiger charge is -2.29. The molecule has 2 heterocycles. The minimum atomic E-state index is -0.482. The van der Waals surface area contributed by atoms with Gasteiger partial charge in [-0.05, 0) is 25.9 Å². The second-order valence-electron chi connectivity index (χ2n) is 3.96. The van der Waals surface area contributed by atoms with Crippen molar-refractivity contribution in [2.45, 2.75) is 18.9 Å². The third kappa shape index (κ3) is 3.16. The molecule has 2 radical (unpaired) electrons. The largest absolute Gasteiger partial charge is 0.474 e. The molecule has 1 aromatic rings. The number of pyridine rings is 1. The van der Waals surface area contributed by atoms with E-state index in [1.807, 2.05) is 0 Å². The van der Waals surface area contributed by atoms with Crippen molar-refractivity contribution in [1.82, 2.24) is 9.79 Å².